The minimum absolute atomic E-state index is 0.0602. The molecule has 2 rings (SSSR count). The first-order valence-electron chi connectivity index (χ1n) is 7.95. The Kier molecular flexibility index (Phi) is 5.21. The molecule has 1 amide bonds. The number of allylic oxidation sites excluding steroid dienone is 2. The molecule has 0 aromatic carbocycles. The van der Waals surface area contributed by atoms with Crippen LogP contribution in [-0.4, -0.2) is 17.4 Å². The van der Waals surface area contributed by atoms with Crippen LogP contribution in [0.5, 0.6) is 0 Å². The molecule has 2 unspecified atom stereocenters. The number of carboxylic acids is 1. The number of carbonyl (C=O) groups is 2. The van der Waals surface area contributed by atoms with Crippen LogP contribution in [0.4, 0.5) is 0 Å². The Hall–Kier alpha value is -1.58. The minimum Gasteiger partial charge on any atom is -0.549 e. The smallest absolute Gasteiger partial charge is 0.220 e. The van der Waals surface area contributed by atoms with Crippen molar-refractivity contribution in [3.8, 4) is 0 Å². The van der Waals surface area contributed by atoms with Crippen molar-refractivity contribution in [2.24, 2.45) is 11.8 Å². The summed E-state index contributed by atoms with van der Waals surface area (Å²) < 4.78 is 0. The standard InChI is InChI=1S/C17H25NO3/c1-2-17(12-6-5-9-14(17)16(20)21)18-15(19)11-10-13-7-3-4-8-13/h5-6,9,12-14H,2-4,7-8,10-11H2,1H3,(H,18,19)(H,20,21)/p-1. The van der Waals surface area contributed by atoms with Crippen LogP contribution in [0.25, 0.3) is 0 Å². The highest BCUT2D eigenvalue weighted by Crippen LogP contribution is 2.30. The van der Waals surface area contributed by atoms with Crippen LogP contribution < -0.4 is 10.4 Å². The monoisotopic (exact) mass is 290 g/mol. The van der Waals surface area contributed by atoms with Crippen LogP contribution in [0.3, 0.4) is 0 Å². The molecule has 0 bridgehead atoms. The van der Waals surface area contributed by atoms with E-state index in [4.69, 9.17) is 0 Å². The van der Waals surface area contributed by atoms with Crippen LogP contribution >= 0.6 is 0 Å². The van der Waals surface area contributed by atoms with Gasteiger partial charge in [-0.15, -0.1) is 0 Å². The van der Waals surface area contributed by atoms with Gasteiger partial charge in [0.15, 0.2) is 0 Å². The Morgan fingerprint density at radius 2 is 2.00 bits per heavy atom. The summed E-state index contributed by atoms with van der Waals surface area (Å²) in [5, 5.41) is 14.3. The fraction of sp³-hybridized carbons (Fsp3) is 0.647. The Labute approximate surface area is 126 Å². The number of rotatable bonds is 6. The van der Waals surface area contributed by atoms with Crippen molar-refractivity contribution >= 4 is 11.9 Å². The lowest BCUT2D eigenvalue weighted by Gasteiger charge is -2.39. The average Bonchev–Trinajstić information content (AvgIpc) is 2.98. The van der Waals surface area contributed by atoms with Gasteiger partial charge >= 0.3 is 0 Å². The normalized spacial score (nSPS) is 28.7. The Balaban J connectivity index is 1.96. The van der Waals surface area contributed by atoms with Crippen LogP contribution in [-0.2, 0) is 9.59 Å². The molecule has 0 aliphatic heterocycles. The van der Waals surface area contributed by atoms with Crippen molar-refractivity contribution in [3.05, 3.63) is 24.3 Å². The fourth-order valence-corrected chi connectivity index (χ4v) is 3.47. The van der Waals surface area contributed by atoms with Crippen LogP contribution in [0, 0.1) is 11.8 Å². The van der Waals surface area contributed by atoms with Crippen molar-refractivity contribution in [2.45, 2.75) is 57.4 Å². The van der Waals surface area contributed by atoms with Crippen molar-refractivity contribution in [1.29, 1.82) is 0 Å². The first kappa shape index (κ1) is 15.8. The van der Waals surface area contributed by atoms with Gasteiger partial charge in [0.1, 0.15) is 0 Å². The zero-order valence-corrected chi connectivity index (χ0v) is 12.6. The van der Waals surface area contributed by atoms with E-state index in [1.54, 1.807) is 24.3 Å². The van der Waals surface area contributed by atoms with E-state index < -0.39 is 17.4 Å². The third-order valence-corrected chi connectivity index (χ3v) is 4.83. The van der Waals surface area contributed by atoms with E-state index in [1.807, 2.05) is 6.92 Å². The molecule has 0 saturated heterocycles. The summed E-state index contributed by atoms with van der Waals surface area (Å²) in [6.45, 7) is 1.89. The third-order valence-electron chi connectivity index (χ3n) is 4.83. The number of carboxylic acid groups (broad SMARTS) is 1. The summed E-state index contributed by atoms with van der Waals surface area (Å²) in [6.07, 6.45) is 13.7. The molecule has 0 aromatic rings. The number of hydrogen-bond acceptors (Lipinski definition) is 3. The van der Waals surface area contributed by atoms with Gasteiger partial charge in [0.2, 0.25) is 5.91 Å². The second-order valence-corrected chi connectivity index (χ2v) is 6.17. The summed E-state index contributed by atoms with van der Waals surface area (Å²) >= 11 is 0. The lowest BCUT2D eigenvalue weighted by molar-refractivity contribution is -0.311. The van der Waals surface area contributed by atoms with Gasteiger partial charge in [-0.25, -0.2) is 0 Å². The largest absolute Gasteiger partial charge is 0.549 e. The zero-order chi connectivity index (χ0) is 15.3. The first-order chi connectivity index (χ1) is 10.1. The van der Waals surface area contributed by atoms with Crippen LogP contribution in [0.2, 0.25) is 0 Å². The molecule has 0 heterocycles. The number of amides is 1. The predicted molar refractivity (Wildman–Crippen MR) is 79.1 cm³/mol. The molecular formula is C17H24NO3-. The number of nitrogens with one attached hydrogen (secondary N) is 1. The summed E-state index contributed by atoms with van der Waals surface area (Å²) in [6, 6.07) is 0. The molecular weight excluding hydrogens is 266 g/mol. The summed E-state index contributed by atoms with van der Waals surface area (Å²) in [5.74, 6) is -1.35. The molecule has 1 saturated carbocycles. The number of aliphatic carboxylic acids is 1. The van der Waals surface area contributed by atoms with E-state index in [9.17, 15) is 14.7 Å². The molecule has 2 atom stereocenters. The van der Waals surface area contributed by atoms with Crippen molar-refractivity contribution in [1.82, 2.24) is 5.32 Å². The maximum Gasteiger partial charge on any atom is 0.220 e. The zero-order valence-electron chi connectivity index (χ0n) is 12.6. The van der Waals surface area contributed by atoms with Gasteiger partial charge in [0.05, 0.1) is 11.5 Å². The van der Waals surface area contributed by atoms with Gasteiger partial charge < -0.3 is 15.2 Å². The predicted octanol–water partition coefficient (Wildman–Crippen LogP) is 1.71. The van der Waals surface area contributed by atoms with Crippen LogP contribution in [0.1, 0.15) is 51.9 Å². The van der Waals surface area contributed by atoms with E-state index in [2.05, 4.69) is 5.32 Å². The van der Waals surface area contributed by atoms with E-state index in [-0.39, 0.29) is 5.91 Å². The Morgan fingerprint density at radius 3 is 2.62 bits per heavy atom. The highest BCUT2D eigenvalue weighted by Gasteiger charge is 2.37. The molecule has 4 heteroatoms. The van der Waals surface area contributed by atoms with E-state index in [0.29, 0.717) is 18.8 Å². The van der Waals surface area contributed by atoms with Gasteiger partial charge in [-0.1, -0.05) is 56.9 Å². The van der Waals surface area contributed by atoms with Gasteiger partial charge in [0, 0.05) is 12.3 Å². The van der Waals surface area contributed by atoms with E-state index in [1.165, 1.54) is 25.7 Å². The fourth-order valence-electron chi connectivity index (χ4n) is 3.47. The lowest BCUT2D eigenvalue weighted by atomic mass is 9.78. The van der Waals surface area contributed by atoms with Gasteiger partial charge in [0.25, 0.3) is 0 Å². The molecule has 0 radical (unpaired) electrons. The number of hydrogen-bond donors (Lipinski definition) is 1. The maximum atomic E-state index is 12.2. The SMILES string of the molecule is CCC1(NC(=O)CCC2CCCC2)C=CC=CC1C(=O)[O-]. The Morgan fingerprint density at radius 1 is 1.29 bits per heavy atom. The average molecular weight is 290 g/mol. The molecule has 0 aromatic heterocycles. The van der Waals surface area contributed by atoms with E-state index in [0.717, 1.165) is 6.42 Å². The van der Waals surface area contributed by atoms with E-state index >= 15 is 0 Å². The molecule has 21 heavy (non-hydrogen) atoms. The highest BCUT2D eigenvalue weighted by molar-refractivity contribution is 5.80. The second-order valence-electron chi connectivity index (χ2n) is 6.17. The van der Waals surface area contributed by atoms with Crippen molar-refractivity contribution < 1.29 is 14.7 Å². The second kappa shape index (κ2) is 6.92. The molecule has 1 N–H and O–H groups in total. The van der Waals surface area contributed by atoms with Crippen molar-refractivity contribution in [3.63, 3.8) is 0 Å². The molecule has 0 spiro atoms. The number of carbonyl (C=O) groups excluding carboxylic acids is 2. The summed E-state index contributed by atoms with van der Waals surface area (Å²) in [5.41, 5.74) is -0.847. The lowest BCUT2D eigenvalue weighted by Crippen LogP contribution is -2.57. The Bertz CT molecular complexity index is 449. The van der Waals surface area contributed by atoms with Gasteiger partial charge in [-0.3, -0.25) is 4.79 Å². The molecule has 2 aliphatic rings. The quantitative estimate of drug-likeness (QED) is 0.809. The third kappa shape index (κ3) is 3.74. The topological polar surface area (TPSA) is 69.2 Å². The van der Waals surface area contributed by atoms with Crippen LogP contribution in [0.15, 0.2) is 24.3 Å². The van der Waals surface area contributed by atoms with Gasteiger partial charge in [-0.05, 0) is 18.8 Å². The maximum absolute atomic E-state index is 12.2. The molecule has 2 aliphatic carbocycles. The van der Waals surface area contributed by atoms with Crippen molar-refractivity contribution in [2.75, 3.05) is 0 Å². The molecule has 4 nitrogen and oxygen atoms in total. The molecule has 116 valence electrons. The van der Waals surface area contributed by atoms with Gasteiger partial charge in [-0.2, -0.15) is 0 Å². The highest BCUT2D eigenvalue weighted by atomic mass is 16.4. The molecule has 1 fully saturated rings. The summed E-state index contributed by atoms with van der Waals surface area (Å²) in [4.78, 5) is 23.5. The minimum atomic E-state index is -1.14. The first-order valence-corrected chi connectivity index (χ1v) is 7.95. The summed E-state index contributed by atoms with van der Waals surface area (Å²) in [7, 11) is 0.